The van der Waals surface area contributed by atoms with Gasteiger partial charge in [0.25, 0.3) is 0 Å². The number of amides is 2. The molecule has 3 rings (SSSR count). The van der Waals surface area contributed by atoms with Gasteiger partial charge in [-0.15, -0.1) is 0 Å². The summed E-state index contributed by atoms with van der Waals surface area (Å²) >= 11 is 6.06. The molecule has 5 heteroatoms. The van der Waals surface area contributed by atoms with Gasteiger partial charge in [-0.25, -0.2) is 4.79 Å². The first-order valence-corrected chi connectivity index (χ1v) is 8.59. The lowest BCUT2D eigenvalue weighted by molar-refractivity contribution is 0.166. The topological polar surface area (TPSA) is 58.4 Å². The first-order chi connectivity index (χ1) is 11.6. The van der Waals surface area contributed by atoms with Crippen LogP contribution in [0.2, 0.25) is 5.02 Å². The summed E-state index contributed by atoms with van der Waals surface area (Å²) < 4.78 is 0. The van der Waals surface area contributed by atoms with Crippen molar-refractivity contribution in [3.63, 3.8) is 0 Å². The van der Waals surface area contributed by atoms with Gasteiger partial charge in [-0.05, 0) is 48.6 Å². The number of halogens is 1. The minimum Gasteiger partial charge on any atom is -0.326 e. The molecule has 4 nitrogen and oxygen atoms in total. The lowest BCUT2D eigenvalue weighted by Crippen LogP contribution is -2.51. The monoisotopic (exact) mass is 343 g/mol. The minimum absolute atomic E-state index is 0.00413. The molecule has 126 valence electrons. The van der Waals surface area contributed by atoms with Crippen molar-refractivity contribution in [2.75, 3.05) is 18.4 Å². The van der Waals surface area contributed by atoms with Crippen LogP contribution in [0.4, 0.5) is 10.5 Å². The van der Waals surface area contributed by atoms with Crippen molar-refractivity contribution in [1.29, 1.82) is 0 Å². The summed E-state index contributed by atoms with van der Waals surface area (Å²) in [4.78, 5) is 14.3. The molecule has 0 aromatic heterocycles. The van der Waals surface area contributed by atoms with E-state index >= 15 is 0 Å². The summed E-state index contributed by atoms with van der Waals surface area (Å²) in [5.41, 5.74) is 8.17. The van der Waals surface area contributed by atoms with E-state index in [1.807, 2.05) is 53.4 Å². The summed E-state index contributed by atoms with van der Waals surface area (Å²) in [5.74, 6) is 0.341. The Labute approximate surface area is 147 Å². The molecule has 1 saturated heterocycles. The third-order valence-corrected chi connectivity index (χ3v) is 4.53. The molecule has 1 heterocycles. The Morgan fingerprint density at radius 1 is 1.17 bits per heavy atom. The maximum absolute atomic E-state index is 12.5. The number of nitrogens with two attached hydrogens (primary N) is 1. The van der Waals surface area contributed by atoms with E-state index in [2.05, 4.69) is 11.4 Å². The third kappa shape index (κ3) is 4.49. The van der Waals surface area contributed by atoms with E-state index in [-0.39, 0.29) is 12.1 Å². The van der Waals surface area contributed by atoms with Crippen LogP contribution in [-0.2, 0) is 6.42 Å². The zero-order valence-corrected chi connectivity index (χ0v) is 14.2. The largest absolute Gasteiger partial charge is 0.326 e. The van der Waals surface area contributed by atoms with Crippen LogP contribution in [0.25, 0.3) is 0 Å². The van der Waals surface area contributed by atoms with E-state index in [9.17, 15) is 4.79 Å². The molecule has 0 spiro atoms. The number of benzene rings is 2. The number of rotatable bonds is 3. The second-order valence-electron chi connectivity index (χ2n) is 6.40. The summed E-state index contributed by atoms with van der Waals surface area (Å²) in [6.45, 7) is 1.30. The van der Waals surface area contributed by atoms with Crippen molar-refractivity contribution in [1.82, 2.24) is 4.90 Å². The molecule has 2 amide bonds. The van der Waals surface area contributed by atoms with Crippen LogP contribution in [0, 0.1) is 5.92 Å². The number of nitrogens with one attached hydrogen (secondary N) is 1. The zero-order chi connectivity index (χ0) is 16.9. The van der Waals surface area contributed by atoms with Crippen molar-refractivity contribution in [2.24, 2.45) is 11.7 Å². The Kier molecular flexibility index (Phi) is 5.38. The molecule has 2 unspecified atom stereocenters. The van der Waals surface area contributed by atoms with Crippen molar-refractivity contribution in [3.05, 3.63) is 65.2 Å². The number of nitrogens with zero attached hydrogens (tertiary/aromatic N) is 1. The van der Waals surface area contributed by atoms with Crippen LogP contribution in [-0.4, -0.2) is 30.1 Å². The molecular formula is C19H22ClN3O. The SMILES string of the molecule is NC1CC(Cc2cccc(Cl)c2)CN(C(=O)Nc2ccccc2)C1. The average molecular weight is 344 g/mol. The van der Waals surface area contributed by atoms with Crippen molar-refractivity contribution in [3.8, 4) is 0 Å². The van der Waals surface area contributed by atoms with Gasteiger partial charge in [0.05, 0.1) is 0 Å². The molecule has 1 aliphatic rings. The third-order valence-electron chi connectivity index (χ3n) is 4.30. The van der Waals surface area contributed by atoms with Gasteiger partial charge in [-0.2, -0.15) is 0 Å². The molecule has 2 aromatic rings. The van der Waals surface area contributed by atoms with Crippen LogP contribution >= 0.6 is 11.6 Å². The highest BCUT2D eigenvalue weighted by Crippen LogP contribution is 2.22. The Bertz CT molecular complexity index is 692. The highest BCUT2D eigenvalue weighted by molar-refractivity contribution is 6.30. The fourth-order valence-electron chi connectivity index (χ4n) is 3.28. The molecule has 0 aliphatic carbocycles. The van der Waals surface area contributed by atoms with Gasteiger partial charge in [0.2, 0.25) is 0 Å². The Balaban J connectivity index is 1.63. The van der Waals surface area contributed by atoms with Gasteiger partial charge in [-0.1, -0.05) is 41.9 Å². The molecule has 0 bridgehead atoms. The predicted octanol–water partition coefficient (Wildman–Crippen LogP) is 3.76. The number of carbonyl (C=O) groups excluding carboxylic acids is 1. The second-order valence-corrected chi connectivity index (χ2v) is 6.83. The molecular weight excluding hydrogens is 322 g/mol. The number of likely N-dealkylation sites (tertiary alicyclic amines) is 1. The number of urea groups is 1. The molecule has 1 fully saturated rings. The number of piperidine rings is 1. The Morgan fingerprint density at radius 3 is 2.71 bits per heavy atom. The quantitative estimate of drug-likeness (QED) is 0.891. The number of para-hydroxylation sites is 1. The summed E-state index contributed by atoms with van der Waals surface area (Å²) in [5, 5.41) is 3.68. The van der Waals surface area contributed by atoms with Gasteiger partial charge in [0.15, 0.2) is 0 Å². The molecule has 3 N–H and O–H groups in total. The summed E-state index contributed by atoms with van der Waals surface area (Å²) in [6.07, 6.45) is 1.80. The molecule has 0 radical (unpaired) electrons. The Morgan fingerprint density at radius 2 is 1.96 bits per heavy atom. The van der Waals surface area contributed by atoms with E-state index in [1.165, 1.54) is 5.56 Å². The molecule has 24 heavy (non-hydrogen) atoms. The van der Waals surface area contributed by atoms with E-state index in [1.54, 1.807) is 0 Å². The van der Waals surface area contributed by atoms with Crippen LogP contribution in [0.15, 0.2) is 54.6 Å². The van der Waals surface area contributed by atoms with Gasteiger partial charge in [-0.3, -0.25) is 0 Å². The van der Waals surface area contributed by atoms with Crippen LogP contribution < -0.4 is 11.1 Å². The number of hydrogen-bond donors (Lipinski definition) is 2. The summed E-state index contributed by atoms with van der Waals surface area (Å²) in [7, 11) is 0. The van der Waals surface area contributed by atoms with Gasteiger partial charge in [0.1, 0.15) is 0 Å². The standard InChI is InChI=1S/C19H22ClN3O/c20-16-6-4-5-14(10-16)9-15-11-17(21)13-23(12-15)19(24)22-18-7-2-1-3-8-18/h1-8,10,15,17H,9,11-13,21H2,(H,22,24). The predicted molar refractivity (Wildman–Crippen MR) is 98.3 cm³/mol. The highest BCUT2D eigenvalue weighted by Gasteiger charge is 2.28. The van der Waals surface area contributed by atoms with E-state index in [0.717, 1.165) is 23.6 Å². The molecule has 2 atom stereocenters. The summed E-state index contributed by atoms with van der Waals surface area (Å²) in [6, 6.07) is 17.3. The minimum atomic E-state index is -0.0903. The molecule has 1 aliphatic heterocycles. The van der Waals surface area contributed by atoms with Crippen molar-refractivity contribution < 1.29 is 4.79 Å². The van der Waals surface area contributed by atoms with Crippen molar-refractivity contribution >= 4 is 23.3 Å². The number of hydrogen-bond acceptors (Lipinski definition) is 2. The maximum atomic E-state index is 12.5. The lowest BCUT2D eigenvalue weighted by atomic mass is 9.89. The van der Waals surface area contributed by atoms with Gasteiger partial charge < -0.3 is 16.0 Å². The zero-order valence-electron chi connectivity index (χ0n) is 13.5. The Hall–Kier alpha value is -2.04. The van der Waals surface area contributed by atoms with Gasteiger partial charge >= 0.3 is 6.03 Å². The van der Waals surface area contributed by atoms with Crippen LogP contribution in [0.3, 0.4) is 0 Å². The smallest absolute Gasteiger partial charge is 0.321 e. The first kappa shape index (κ1) is 16.8. The number of carbonyl (C=O) groups is 1. The fourth-order valence-corrected chi connectivity index (χ4v) is 3.49. The normalized spacial score (nSPS) is 20.7. The molecule has 0 saturated carbocycles. The average Bonchev–Trinajstić information content (AvgIpc) is 2.55. The number of anilines is 1. The second kappa shape index (κ2) is 7.69. The van der Waals surface area contributed by atoms with Crippen LogP contribution in [0.1, 0.15) is 12.0 Å². The molecule has 2 aromatic carbocycles. The van der Waals surface area contributed by atoms with E-state index in [0.29, 0.717) is 19.0 Å². The fraction of sp³-hybridized carbons (Fsp3) is 0.316. The first-order valence-electron chi connectivity index (χ1n) is 8.21. The van der Waals surface area contributed by atoms with Crippen LogP contribution in [0.5, 0.6) is 0 Å². The van der Waals surface area contributed by atoms with Crippen molar-refractivity contribution in [2.45, 2.75) is 18.9 Å². The van der Waals surface area contributed by atoms with E-state index < -0.39 is 0 Å². The van der Waals surface area contributed by atoms with Gasteiger partial charge in [0, 0.05) is 29.8 Å². The highest BCUT2D eigenvalue weighted by atomic mass is 35.5. The lowest BCUT2D eigenvalue weighted by Gasteiger charge is -2.36. The van der Waals surface area contributed by atoms with E-state index in [4.69, 9.17) is 17.3 Å². The maximum Gasteiger partial charge on any atom is 0.321 e.